The summed E-state index contributed by atoms with van der Waals surface area (Å²) in [6.45, 7) is 5.03. The van der Waals surface area contributed by atoms with E-state index in [-0.39, 0.29) is 18.0 Å². The van der Waals surface area contributed by atoms with Crippen LogP contribution < -0.4 is 9.47 Å². The van der Waals surface area contributed by atoms with Crippen molar-refractivity contribution in [1.29, 1.82) is 0 Å². The van der Waals surface area contributed by atoms with Crippen LogP contribution in [0.5, 0.6) is 11.5 Å². The van der Waals surface area contributed by atoms with Crippen LogP contribution in [0.25, 0.3) is 0 Å². The van der Waals surface area contributed by atoms with Gasteiger partial charge in [0.05, 0.1) is 17.1 Å². The predicted octanol–water partition coefficient (Wildman–Crippen LogP) is 4.20. The van der Waals surface area contributed by atoms with Crippen LogP contribution in [0.3, 0.4) is 0 Å². The van der Waals surface area contributed by atoms with Crippen molar-refractivity contribution < 1.29 is 24.2 Å². The van der Waals surface area contributed by atoms with Gasteiger partial charge in [-0.2, -0.15) is 0 Å². The fraction of sp³-hybridized carbons (Fsp3) is 0.405. The number of amides is 1. The minimum absolute atomic E-state index is 0.0906. The molecule has 5 atom stereocenters. The van der Waals surface area contributed by atoms with Crippen molar-refractivity contribution in [3.8, 4) is 23.3 Å². The molecular formula is C37H38N2O5. The second-order valence-electron chi connectivity index (χ2n) is 12.8. The van der Waals surface area contributed by atoms with Crippen LogP contribution in [0.1, 0.15) is 54.0 Å². The second kappa shape index (κ2) is 10.8. The van der Waals surface area contributed by atoms with Crippen LogP contribution in [-0.2, 0) is 27.8 Å². The Labute approximate surface area is 258 Å². The highest BCUT2D eigenvalue weighted by molar-refractivity contribution is 5.94. The SMILES string of the molecule is CC(=O)Oc1ccc2c3c1O[C@H]1[C@H](N(C)C(=O)C#Cc4cccc(C)c4)CC[C@@]4(O)[C@@H](C2)N(CCc2ccccc2)CC[C@]314. The number of rotatable bonds is 5. The molecule has 3 aromatic rings. The largest absolute Gasteiger partial charge is 0.483 e. The number of aryl methyl sites for hydroxylation is 1. The number of likely N-dealkylation sites (N-methyl/N-ethyl adjacent to an activating group) is 1. The molecular weight excluding hydrogens is 552 g/mol. The molecule has 1 N–H and O–H groups in total. The molecule has 44 heavy (non-hydrogen) atoms. The number of ether oxygens (including phenoxy) is 2. The highest BCUT2D eigenvalue weighted by Crippen LogP contribution is 2.66. The van der Waals surface area contributed by atoms with Gasteiger partial charge in [-0.25, -0.2) is 0 Å². The minimum atomic E-state index is -1.06. The summed E-state index contributed by atoms with van der Waals surface area (Å²) in [6, 6.07) is 21.7. The molecule has 2 aliphatic carbocycles. The first-order valence-electron chi connectivity index (χ1n) is 15.6. The van der Waals surface area contributed by atoms with Crippen molar-refractivity contribution in [3.05, 3.63) is 94.5 Å². The Hall–Kier alpha value is -4.12. The maximum atomic E-state index is 13.5. The van der Waals surface area contributed by atoms with Gasteiger partial charge in [-0.3, -0.25) is 14.5 Å². The van der Waals surface area contributed by atoms with Gasteiger partial charge >= 0.3 is 5.97 Å². The Morgan fingerprint density at radius 2 is 1.93 bits per heavy atom. The molecule has 1 saturated carbocycles. The van der Waals surface area contributed by atoms with Gasteiger partial charge in [-0.1, -0.05) is 54.5 Å². The summed E-state index contributed by atoms with van der Waals surface area (Å²) < 4.78 is 12.4. The maximum absolute atomic E-state index is 13.5. The van der Waals surface area contributed by atoms with Gasteiger partial charge in [-0.05, 0) is 80.5 Å². The molecule has 3 aromatic carbocycles. The van der Waals surface area contributed by atoms with Crippen molar-refractivity contribution in [1.82, 2.24) is 9.80 Å². The Morgan fingerprint density at radius 1 is 1.11 bits per heavy atom. The molecule has 2 bridgehead atoms. The van der Waals surface area contributed by atoms with Gasteiger partial charge < -0.3 is 19.5 Å². The Balaban J connectivity index is 1.25. The molecule has 2 aliphatic heterocycles. The molecule has 7 heteroatoms. The van der Waals surface area contributed by atoms with Crippen molar-refractivity contribution in [2.45, 2.75) is 75.2 Å². The minimum Gasteiger partial charge on any atom is -0.483 e. The fourth-order valence-electron chi connectivity index (χ4n) is 8.50. The zero-order valence-corrected chi connectivity index (χ0v) is 25.5. The maximum Gasteiger partial charge on any atom is 0.308 e. The number of esters is 1. The van der Waals surface area contributed by atoms with Gasteiger partial charge in [0.1, 0.15) is 6.10 Å². The number of likely N-dealkylation sites (tertiary alicyclic amines) is 1. The zero-order chi connectivity index (χ0) is 30.6. The number of hydrogen-bond acceptors (Lipinski definition) is 6. The standard InChI is InChI=1S/C37H38N2O5/c1-24-8-7-11-27(22-24)12-15-32(41)38(3)29-16-18-37(42)31-23-28-13-14-30(43-25(2)40)34-33(28)36(37,35(29)44-34)19-21-39(31)20-17-26-9-5-4-6-10-26/h4-11,13-14,22,29,31,35,42H,16-21,23H2,1-3H3/t29-,31-,35+,36+,37-/m1/s1. The Bertz CT molecular complexity index is 1690. The van der Waals surface area contributed by atoms with Crippen LogP contribution in [0.2, 0.25) is 0 Å². The average Bonchev–Trinajstić information content (AvgIpc) is 3.36. The van der Waals surface area contributed by atoms with Gasteiger partial charge in [0.2, 0.25) is 0 Å². The molecule has 4 aliphatic rings. The molecule has 2 fully saturated rings. The fourth-order valence-corrected chi connectivity index (χ4v) is 8.50. The first-order chi connectivity index (χ1) is 21.2. The van der Waals surface area contributed by atoms with E-state index < -0.39 is 23.1 Å². The van der Waals surface area contributed by atoms with E-state index in [1.807, 2.05) is 49.4 Å². The van der Waals surface area contributed by atoms with Crippen LogP contribution >= 0.6 is 0 Å². The quantitative estimate of drug-likeness (QED) is 0.273. The van der Waals surface area contributed by atoms with Crippen LogP contribution in [-0.4, -0.2) is 70.7 Å². The van der Waals surface area contributed by atoms with E-state index in [4.69, 9.17) is 9.47 Å². The number of hydrogen-bond donors (Lipinski definition) is 1. The number of piperidine rings is 1. The topological polar surface area (TPSA) is 79.3 Å². The van der Waals surface area contributed by atoms with Gasteiger partial charge in [-0.15, -0.1) is 0 Å². The summed E-state index contributed by atoms with van der Waals surface area (Å²) in [6.07, 6.45) is 2.88. The molecule has 1 spiro atoms. The lowest BCUT2D eigenvalue weighted by molar-refractivity contribution is -0.199. The summed E-state index contributed by atoms with van der Waals surface area (Å²) in [5.74, 6) is 6.07. The Morgan fingerprint density at radius 3 is 2.70 bits per heavy atom. The average molecular weight is 591 g/mol. The lowest BCUT2D eigenvalue weighted by Gasteiger charge is -2.64. The van der Waals surface area contributed by atoms with Crippen molar-refractivity contribution in [3.63, 3.8) is 0 Å². The highest BCUT2D eigenvalue weighted by Gasteiger charge is 2.73. The summed E-state index contributed by atoms with van der Waals surface area (Å²) in [5.41, 5.74) is 3.44. The van der Waals surface area contributed by atoms with E-state index in [1.54, 1.807) is 11.9 Å². The molecule has 0 unspecified atom stereocenters. The third kappa shape index (κ3) is 4.43. The van der Waals surface area contributed by atoms with Gasteiger partial charge in [0.25, 0.3) is 5.91 Å². The Kier molecular flexibility index (Phi) is 7.03. The lowest BCUT2D eigenvalue weighted by Crippen LogP contribution is -2.78. The van der Waals surface area contributed by atoms with E-state index in [9.17, 15) is 14.7 Å². The van der Waals surface area contributed by atoms with Crippen LogP contribution in [0, 0.1) is 18.8 Å². The summed E-state index contributed by atoms with van der Waals surface area (Å²) in [7, 11) is 1.79. The molecule has 1 saturated heterocycles. The van der Waals surface area contributed by atoms with Crippen LogP contribution in [0.4, 0.5) is 0 Å². The normalized spacial score (nSPS) is 27.8. The van der Waals surface area contributed by atoms with E-state index in [1.165, 1.54) is 12.5 Å². The molecule has 0 aromatic heterocycles. The smallest absolute Gasteiger partial charge is 0.308 e. The predicted molar refractivity (Wildman–Crippen MR) is 166 cm³/mol. The molecule has 7 rings (SSSR count). The summed E-state index contributed by atoms with van der Waals surface area (Å²) in [4.78, 5) is 29.7. The third-order valence-corrected chi connectivity index (χ3v) is 10.5. The van der Waals surface area contributed by atoms with Crippen molar-refractivity contribution >= 4 is 11.9 Å². The summed E-state index contributed by atoms with van der Waals surface area (Å²) in [5, 5.41) is 12.9. The monoisotopic (exact) mass is 590 g/mol. The number of nitrogens with zero attached hydrogens (tertiary/aromatic N) is 2. The van der Waals surface area contributed by atoms with Gasteiger partial charge in [0.15, 0.2) is 11.5 Å². The zero-order valence-electron chi connectivity index (χ0n) is 25.5. The molecule has 226 valence electrons. The lowest BCUT2D eigenvalue weighted by atomic mass is 9.48. The number of carbonyl (C=O) groups is 2. The van der Waals surface area contributed by atoms with Crippen molar-refractivity contribution in [2.24, 2.45) is 0 Å². The molecule has 2 heterocycles. The van der Waals surface area contributed by atoms with Crippen molar-refractivity contribution in [2.75, 3.05) is 20.1 Å². The van der Waals surface area contributed by atoms with Gasteiger partial charge in [0, 0.05) is 43.6 Å². The first kappa shape index (κ1) is 28.6. The second-order valence-corrected chi connectivity index (χ2v) is 12.8. The van der Waals surface area contributed by atoms with E-state index >= 15 is 0 Å². The van der Waals surface area contributed by atoms with E-state index in [2.05, 4.69) is 41.0 Å². The number of aliphatic hydroxyl groups is 1. The molecule has 1 amide bonds. The summed E-state index contributed by atoms with van der Waals surface area (Å²) >= 11 is 0. The number of benzene rings is 3. The highest BCUT2D eigenvalue weighted by atomic mass is 16.6. The number of carbonyl (C=O) groups excluding carboxylic acids is 2. The van der Waals surface area contributed by atoms with Crippen LogP contribution in [0.15, 0.2) is 66.7 Å². The first-order valence-corrected chi connectivity index (χ1v) is 15.6. The van der Waals surface area contributed by atoms with E-state index in [0.717, 1.165) is 41.8 Å². The molecule has 0 radical (unpaired) electrons. The van der Waals surface area contributed by atoms with E-state index in [0.29, 0.717) is 37.2 Å². The third-order valence-electron chi connectivity index (χ3n) is 10.5. The molecule has 7 nitrogen and oxygen atoms in total.